The maximum atomic E-state index is 13.8. The van der Waals surface area contributed by atoms with E-state index in [0.717, 1.165) is 20.6 Å². The summed E-state index contributed by atoms with van der Waals surface area (Å²) in [5.41, 5.74) is -0.809. The van der Waals surface area contributed by atoms with Crippen LogP contribution in [-0.4, -0.2) is 9.78 Å². The van der Waals surface area contributed by atoms with Gasteiger partial charge in [-0.25, -0.2) is 8.78 Å². The third-order valence-electron chi connectivity index (χ3n) is 3.23. The van der Waals surface area contributed by atoms with E-state index in [4.69, 9.17) is 0 Å². The minimum Gasteiger partial charge on any atom is -0.259 e. The highest BCUT2D eigenvalue weighted by Crippen LogP contribution is 2.36. The third kappa shape index (κ3) is 3.51. The maximum Gasteiger partial charge on any atom is 0.435 e. The lowest BCUT2D eigenvalue weighted by molar-refractivity contribution is -0.141. The monoisotopic (exact) mass is 422 g/mol. The summed E-state index contributed by atoms with van der Waals surface area (Å²) in [7, 11) is 0. The zero-order valence-electron chi connectivity index (χ0n) is 11.7. The van der Waals surface area contributed by atoms with Crippen LogP contribution in [0.4, 0.5) is 22.0 Å². The molecule has 24 heavy (non-hydrogen) atoms. The average molecular weight is 423 g/mol. The van der Waals surface area contributed by atoms with E-state index in [1.54, 1.807) is 12.1 Å². The van der Waals surface area contributed by atoms with Gasteiger partial charge in [-0.2, -0.15) is 18.3 Å². The second kappa shape index (κ2) is 6.29. The number of thiophene rings is 1. The Bertz CT molecular complexity index is 884. The first-order valence-electron chi connectivity index (χ1n) is 6.59. The molecule has 2 heterocycles. The standard InChI is InChI=1S/C15H8BrF5N2S/c16-14-4-3-12(24-14)11-6-13(15(19,20)21)22-23(11)7-8-1-2-9(17)5-10(8)18/h1-6H,7H2. The molecule has 0 bridgehead atoms. The van der Waals surface area contributed by atoms with Gasteiger partial charge in [0.25, 0.3) is 0 Å². The molecular weight excluding hydrogens is 415 g/mol. The minimum atomic E-state index is -4.62. The zero-order valence-corrected chi connectivity index (χ0v) is 14.1. The molecule has 0 atom stereocenters. The van der Waals surface area contributed by atoms with Gasteiger partial charge < -0.3 is 0 Å². The summed E-state index contributed by atoms with van der Waals surface area (Å²) in [4.78, 5) is 0.549. The van der Waals surface area contributed by atoms with Crippen LogP contribution in [0.25, 0.3) is 10.6 Å². The van der Waals surface area contributed by atoms with Gasteiger partial charge in [-0.15, -0.1) is 11.3 Å². The van der Waals surface area contributed by atoms with Crippen molar-refractivity contribution in [2.45, 2.75) is 12.7 Å². The summed E-state index contributed by atoms with van der Waals surface area (Å²) in [5.74, 6) is -1.59. The maximum absolute atomic E-state index is 13.8. The predicted molar refractivity (Wildman–Crippen MR) is 83.7 cm³/mol. The van der Waals surface area contributed by atoms with Crippen LogP contribution in [0.3, 0.4) is 0 Å². The van der Waals surface area contributed by atoms with Gasteiger partial charge in [0.2, 0.25) is 0 Å². The topological polar surface area (TPSA) is 17.8 Å². The van der Waals surface area contributed by atoms with Crippen LogP contribution in [0.15, 0.2) is 40.2 Å². The number of benzene rings is 1. The summed E-state index contributed by atoms with van der Waals surface area (Å²) in [6, 6.07) is 7.18. The Kier molecular flexibility index (Phi) is 4.48. The van der Waals surface area contributed by atoms with Gasteiger partial charge in [0.05, 0.1) is 20.9 Å². The molecule has 0 amide bonds. The number of hydrogen-bond acceptors (Lipinski definition) is 2. The van der Waals surface area contributed by atoms with E-state index in [9.17, 15) is 22.0 Å². The molecule has 0 spiro atoms. The van der Waals surface area contributed by atoms with Crippen molar-refractivity contribution in [1.29, 1.82) is 0 Å². The molecule has 9 heteroatoms. The first-order chi connectivity index (χ1) is 11.2. The molecule has 2 nitrogen and oxygen atoms in total. The number of halogens is 6. The highest BCUT2D eigenvalue weighted by Gasteiger charge is 2.35. The van der Waals surface area contributed by atoms with E-state index < -0.39 is 23.5 Å². The van der Waals surface area contributed by atoms with Crippen molar-refractivity contribution in [2.24, 2.45) is 0 Å². The molecule has 0 unspecified atom stereocenters. The van der Waals surface area contributed by atoms with Crippen molar-refractivity contribution in [2.75, 3.05) is 0 Å². The normalized spacial score (nSPS) is 11.9. The summed E-state index contributed by atoms with van der Waals surface area (Å²) in [6.45, 7) is -0.243. The molecule has 2 aromatic heterocycles. The van der Waals surface area contributed by atoms with E-state index in [2.05, 4.69) is 21.0 Å². The lowest BCUT2D eigenvalue weighted by Gasteiger charge is -2.07. The molecule has 1 aromatic carbocycles. The molecule has 0 saturated heterocycles. The lowest BCUT2D eigenvalue weighted by Crippen LogP contribution is -2.09. The van der Waals surface area contributed by atoms with Gasteiger partial charge in [-0.1, -0.05) is 6.07 Å². The first kappa shape index (κ1) is 17.1. The quantitative estimate of drug-likeness (QED) is 0.493. The molecule has 3 aromatic rings. The van der Waals surface area contributed by atoms with Crippen molar-refractivity contribution in [3.05, 3.63) is 63.1 Å². The van der Waals surface area contributed by atoms with E-state index in [1.165, 1.54) is 17.4 Å². The molecular formula is C15H8BrF5N2S. The Balaban J connectivity index is 2.06. The molecule has 0 aliphatic rings. The average Bonchev–Trinajstić information content (AvgIpc) is 3.07. The molecule has 0 fully saturated rings. The van der Waals surface area contributed by atoms with Crippen LogP contribution in [0, 0.1) is 11.6 Å². The Morgan fingerprint density at radius 2 is 1.83 bits per heavy atom. The fourth-order valence-electron chi connectivity index (χ4n) is 2.14. The van der Waals surface area contributed by atoms with Crippen LogP contribution < -0.4 is 0 Å². The second-order valence-electron chi connectivity index (χ2n) is 4.91. The molecule has 0 aliphatic heterocycles. The van der Waals surface area contributed by atoms with Crippen LogP contribution >= 0.6 is 27.3 Å². The van der Waals surface area contributed by atoms with Crippen molar-refractivity contribution < 1.29 is 22.0 Å². The van der Waals surface area contributed by atoms with E-state index in [-0.39, 0.29) is 17.8 Å². The molecule has 0 N–H and O–H groups in total. The Hall–Kier alpha value is -1.74. The van der Waals surface area contributed by atoms with E-state index >= 15 is 0 Å². The number of rotatable bonds is 3. The third-order valence-corrected chi connectivity index (χ3v) is 4.88. The molecule has 126 valence electrons. The van der Waals surface area contributed by atoms with Gasteiger partial charge in [0.1, 0.15) is 11.6 Å². The SMILES string of the molecule is Fc1ccc(Cn2nc(C(F)(F)F)cc2-c2ccc(Br)s2)c(F)c1. The number of hydrogen-bond donors (Lipinski definition) is 0. The zero-order chi connectivity index (χ0) is 17.5. The van der Waals surface area contributed by atoms with Crippen LogP contribution in [-0.2, 0) is 12.7 Å². The Morgan fingerprint density at radius 1 is 1.08 bits per heavy atom. The van der Waals surface area contributed by atoms with E-state index in [1.807, 2.05) is 0 Å². The Morgan fingerprint density at radius 3 is 2.42 bits per heavy atom. The van der Waals surface area contributed by atoms with E-state index in [0.29, 0.717) is 10.9 Å². The Labute approximate surface area is 145 Å². The summed E-state index contributed by atoms with van der Waals surface area (Å²) < 4.78 is 67.5. The van der Waals surface area contributed by atoms with Crippen molar-refractivity contribution in [3.63, 3.8) is 0 Å². The first-order valence-corrected chi connectivity index (χ1v) is 8.19. The van der Waals surface area contributed by atoms with Gasteiger partial charge in [0.15, 0.2) is 5.69 Å². The fraction of sp³-hybridized carbons (Fsp3) is 0.133. The summed E-state index contributed by atoms with van der Waals surface area (Å²) in [5, 5.41) is 3.55. The van der Waals surface area contributed by atoms with Crippen LogP contribution in [0.2, 0.25) is 0 Å². The summed E-state index contributed by atoms with van der Waals surface area (Å²) >= 11 is 4.48. The van der Waals surface area contributed by atoms with Crippen LogP contribution in [0.5, 0.6) is 0 Å². The highest BCUT2D eigenvalue weighted by atomic mass is 79.9. The number of aromatic nitrogens is 2. The minimum absolute atomic E-state index is 0.0464. The highest BCUT2D eigenvalue weighted by molar-refractivity contribution is 9.11. The molecule has 0 aliphatic carbocycles. The van der Waals surface area contributed by atoms with Crippen molar-refractivity contribution >= 4 is 27.3 Å². The van der Waals surface area contributed by atoms with Gasteiger partial charge >= 0.3 is 6.18 Å². The van der Waals surface area contributed by atoms with Gasteiger partial charge in [0, 0.05) is 11.6 Å². The second-order valence-corrected chi connectivity index (χ2v) is 7.37. The van der Waals surface area contributed by atoms with Crippen LogP contribution in [0.1, 0.15) is 11.3 Å². The van der Waals surface area contributed by atoms with Gasteiger partial charge in [-0.3, -0.25) is 4.68 Å². The molecule has 0 saturated carbocycles. The number of nitrogens with zero attached hydrogens (tertiary/aromatic N) is 2. The molecule has 0 radical (unpaired) electrons. The summed E-state index contributed by atoms with van der Waals surface area (Å²) in [6.07, 6.45) is -4.62. The number of alkyl halides is 3. The molecule has 3 rings (SSSR count). The smallest absolute Gasteiger partial charge is 0.259 e. The van der Waals surface area contributed by atoms with Gasteiger partial charge in [-0.05, 0) is 40.2 Å². The van der Waals surface area contributed by atoms with Crippen molar-refractivity contribution in [1.82, 2.24) is 9.78 Å². The lowest BCUT2D eigenvalue weighted by atomic mass is 10.2. The fourth-order valence-corrected chi connectivity index (χ4v) is 3.54. The predicted octanol–water partition coefficient (Wildman–Crippen LogP) is 5.72. The van der Waals surface area contributed by atoms with Crippen molar-refractivity contribution in [3.8, 4) is 10.6 Å². The largest absolute Gasteiger partial charge is 0.435 e.